The third-order valence-electron chi connectivity index (χ3n) is 4.03. The molecule has 0 aromatic rings. The molecule has 0 unspecified atom stereocenters. The lowest BCUT2D eigenvalue weighted by molar-refractivity contribution is -0.125. The van der Waals surface area contributed by atoms with Crippen LogP contribution in [0.25, 0.3) is 0 Å². The van der Waals surface area contributed by atoms with Crippen molar-refractivity contribution in [3.8, 4) is 0 Å². The second-order valence-electron chi connectivity index (χ2n) is 4.48. The zero-order valence-electron chi connectivity index (χ0n) is 6.64. The number of rotatable bonds is 0. The molecule has 2 saturated carbocycles. The maximum absolute atomic E-state index is 11.7. The molecule has 1 saturated heterocycles. The van der Waals surface area contributed by atoms with Crippen molar-refractivity contribution in [2.24, 2.45) is 23.7 Å². The van der Waals surface area contributed by atoms with Crippen LogP contribution in [0.15, 0.2) is 12.2 Å². The summed E-state index contributed by atoms with van der Waals surface area (Å²) in [7, 11) is 0. The molecule has 2 heteroatoms. The van der Waals surface area contributed by atoms with Crippen LogP contribution >= 0.6 is 0 Å². The summed E-state index contributed by atoms with van der Waals surface area (Å²) in [4.78, 5) is 11.7. The van der Waals surface area contributed by atoms with Crippen molar-refractivity contribution >= 4 is 5.78 Å². The third kappa shape index (κ3) is 0.446. The van der Waals surface area contributed by atoms with Gasteiger partial charge in [0, 0.05) is 11.8 Å². The molecule has 4 rings (SSSR count). The van der Waals surface area contributed by atoms with Gasteiger partial charge in [0.05, 0.1) is 6.10 Å². The number of carbonyl (C=O) groups excluding carboxylic acids is 1. The van der Waals surface area contributed by atoms with Crippen LogP contribution in [0.4, 0.5) is 0 Å². The van der Waals surface area contributed by atoms with Crippen LogP contribution in [-0.2, 0) is 9.53 Å². The summed E-state index contributed by atoms with van der Waals surface area (Å²) in [6.07, 6.45) is 6.10. The predicted octanol–water partition coefficient (Wildman–Crippen LogP) is 0.775. The molecule has 0 N–H and O–H groups in total. The highest BCUT2D eigenvalue weighted by Gasteiger charge is 2.68. The summed E-state index contributed by atoms with van der Waals surface area (Å²) in [5.74, 6) is 2.56. The highest BCUT2D eigenvalue weighted by molar-refractivity contribution is 5.92. The van der Waals surface area contributed by atoms with Gasteiger partial charge >= 0.3 is 0 Å². The van der Waals surface area contributed by atoms with Gasteiger partial charge < -0.3 is 4.74 Å². The third-order valence-corrected chi connectivity index (χ3v) is 4.03. The molecule has 0 aromatic carbocycles. The van der Waals surface area contributed by atoms with Crippen molar-refractivity contribution in [3.05, 3.63) is 12.2 Å². The van der Waals surface area contributed by atoms with Crippen LogP contribution in [0.2, 0.25) is 0 Å². The van der Waals surface area contributed by atoms with E-state index in [0.717, 1.165) is 0 Å². The number of carbonyl (C=O) groups is 1. The molecule has 2 nitrogen and oxygen atoms in total. The van der Waals surface area contributed by atoms with E-state index in [4.69, 9.17) is 4.74 Å². The predicted molar refractivity (Wildman–Crippen MR) is 41.4 cm³/mol. The number of allylic oxidation sites excluding steroid dienone is 2. The largest absolute Gasteiger partial charge is 0.361 e. The number of ether oxygens (including phenoxy) is 1. The molecule has 12 heavy (non-hydrogen) atoms. The lowest BCUT2D eigenvalue weighted by atomic mass is 9.85. The zero-order valence-corrected chi connectivity index (χ0v) is 6.64. The Morgan fingerprint density at radius 3 is 3.00 bits per heavy atom. The minimum Gasteiger partial charge on any atom is -0.361 e. The summed E-state index contributed by atoms with van der Waals surface area (Å²) in [6, 6.07) is 0. The molecule has 0 spiro atoms. The van der Waals surface area contributed by atoms with E-state index in [9.17, 15) is 4.79 Å². The highest BCUT2D eigenvalue weighted by Crippen LogP contribution is 2.60. The Balaban J connectivity index is 1.86. The zero-order chi connectivity index (χ0) is 7.87. The lowest BCUT2D eigenvalue weighted by Crippen LogP contribution is -2.25. The molecule has 1 aliphatic heterocycles. The second-order valence-corrected chi connectivity index (χ2v) is 4.48. The number of ketones is 1. The van der Waals surface area contributed by atoms with Crippen molar-refractivity contribution in [1.82, 2.24) is 0 Å². The van der Waals surface area contributed by atoms with E-state index in [1.54, 1.807) is 0 Å². The molecule has 0 aromatic heterocycles. The van der Waals surface area contributed by atoms with E-state index in [2.05, 4.69) is 12.2 Å². The molecule has 62 valence electrons. The maximum atomic E-state index is 11.7. The molecule has 0 radical (unpaired) electrons. The normalized spacial score (nSPS) is 63.8. The monoisotopic (exact) mass is 162 g/mol. The van der Waals surface area contributed by atoms with E-state index in [-0.39, 0.29) is 6.10 Å². The first-order valence-electron chi connectivity index (χ1n) is 4.74. The van der Waals surface area contributed by atoms with Crippen molar-refractivity contribution in [3.63, 3.8) is 0 Å². The molecule has 0 amide bonds. The molecular formula is C10H10O2. The van der Waals surface area contributed by atoms with Gasteiger partial charge in [-0.25, -0.2) is 0 Å². The topological polar surface area (TPSA) is 29.6 Å². The lowest BCUT2D eigenvalue weighted by Gasteiger charge is -2.20. The fourth-order valence-corrected chi connectivity index (χ4v) is 3.54. The first-order chi connectivity index (χ1) is 5.86. The maximum Gasteiger partial charge on any atom is 0.168 e. The van der Waals surface area contributed by atoms with Crippen LogP contribution in [0.3, 0.4) is 0 Å². The molecular weight excluding hydrogens is 152 g/mol. The van der Waals surface area contributed by atoms with Gasteiger partial charge in [0.2, 0.25) is 0 Å². The fourth-order valence-electron chi connectivity index (χ4n) is 3.54. The molecule has 3 fully saturated rings. The van der Waals surface area contributed by atoms with Gasteiger partial charge in [0.15, 0.2) is 5.78 Å². The van der Waals surface area contributed by atoms with Crippen molar-refractivity contribution in [1.29, 1.82) is 0 Å². The summed E-state index contributed by atoms with van der Waals surface area (Å²) >= 11 is 0. The van der Waals surface area contributed by atoms with Crippen LogP contribution in [-0.4, -0.2) is 18.0 Å². The number of epoxide rings is 1. The molecule has 6 atom stereocenters. The average Bonchev–Trinajstić information content (AvgIpc) is 2.49. The minimum atomic E-state index is 0.0187. The fraction of sp³-hybridized carbons (Fsp3) is 0.700. The van der Waals surface area contributed by atoms with Gasteiger partial charge in [-0.1, -0.05) is 12.2 Å². The number of fused-ring (bicyclic) bond motifs is 7. The molecule has 1 heterocycles. The Bertz CT molecular complexity index is 307. The highest BCUT2D eigenvalue weighted by atomic mass is 16.6. The molecule has 3 aliphatic carbocycles. The van der Waals surface area contributed by atoms with E-state index in [1.165, 1.54) is 6.42 Å². The van der Waals surface area contributed by atoms with Crippen LogP contribution in [0, 0.1) is 23.7 Å². The Morgan fingerprint density at radius 2 is 2.17 bits per heavy atom. The Hall–Kier alpha value is -0.630. The van der Waals surface area contributed by atoms with Gasteiger partial charge in [0.1, 0.15) is 6.10 Å². The summed E-state index contributed by atoms with van der Waals surface area (Å²) in [5.41, 5.74) is 0. The Morgan fingerprint density at radius 1 is 1.33 bits per heavy atom. The quantitative estimate of drug-likeness (QED) is 0.389. The number of hydrogen-bond acceptors (Lipinski definition) is 2. The van der Waals surface area contributed by atoms with Crippen molar-refractivity contribution < 1.29 is 9.53 Å². The van der Waals surface area contributed by atoms with Gasteiger partial charge in [-0.15, -0.1) is 0 Å². The van der Waals surface area contributed by atoms with Crippen molar-refractivity contribution in [2.75, 3.05) is 0 Å². The van der Waals surface area contributed by atoms with E-state index in [1.807, 2.05) is 0 Å². The van der Waals surface area contributed by atoms with Gasteiger partial charge in [-0.05, 0) is 18.3 Å². The second kappa shape index (κ2) is 1.53. The molecule has 2 bridgehead atoms. The van der Waals surface area contributed by atoms with Crippen molar-refractivity contribution in [2.45, 2.75) is 18.6 Å². The molecule has 4 aliphatic rings. The first kappa shape index (κ1) is 5.92. The van der Waals surface area contributed by atoms with Crippen LogP contribution in [0.5, 0.6) is 0 Å². The van der Waals surface area contributed by atoms with Crippen LogP contribution < -0.4 is 0 Å². The summed E-state index contributed by atoms with van der Waals surface area (Å²) < 4.78 is 5.35. The Labute approximate surface area is 70.6 Å². The average molecular weight is 162 g/mol. The number of hydrogen-bond donors (Lipinski definition) is 0. The smallest absolute Gasteiger partial charge is 0.168 e. The van der Waals surface area contributed by atoms with Crippen LogP contribution in [0.1, 0.15) is 6.42 Å². The van der Waals surface area contributed by atoms with E-state index >= 15 is 0 Å². The summed E-state index contributed by atoms with van der Waals surface area (Å²) in [5, 5.41) is 0. The number of Topliss-reactive ketones (excluding diaryl/α,β-unsaturated/α-hetero) is 1. The van der Waals surface area contributed by atoms with Gasteiger partial charge in [-0.2, -0.15) is 0 Å². The Kier molecular flexibility index (Phi) is 0.756. The van der Waals surface area contributed by atoms with Gasteiger partial charge in [-0.3, -0.25) is 4.79 Å². The first-order valence-corrected chi connectivity index (χ1v) is 4.74. The SMILES string of the molecule is O=C1[C@@H]2[C@H]([C@H]3O[C@@H]13)[C@H]1C=C[C@@H]2C1. The van der Waals surface area contributed by atoms with E-state index in [0.29, 0.717) is 35.6 Å². The summed E-state index contributed by atoms with van der Waals surface area (Å²) in [6.45, 7) is 0. The standard InChI is InChI=1S/C10H10O2/c11-8-6-4-1-2-5(3-4)7(6)9-10(8)12-9/h1-2,4-7,9-10H,3H2/t4-,5+,6+,7-,9-,10+/m1/s1. The minimum absolute atomic E-state index is 0.0187. The van der Waals surface area contributed by atoms with Gasteiger partial charge in [0.25, 0.3) is 0 Å². The van der Waals surface area contributed by atoms with E-state index < -0.39 is 0 Å².